The average Bonchev–Trinajstić information content (AvgIpc) is 2.38. The van der Waals surface area contributed by atoms with Gasteiger partial charge in [0.05, 0.1) is 0 Å². The van der Waals surface area contributed by atoms with Crippen LogP contribution in [0.4, 0.5) is 0 Å². The van der Waals surface area contributed by atoms with E-state index in [4.69, 9.17) is 0 Å². The van der Waals surface area contributed by atoms with Crippen molar-refractivity contribution in [3.8, 4) is 0 Å². The van der Waals surface area contributed by atoms with Crippen LogP contribution in [0, 0.1) is 18.8 Å². The van der Waals surface area contributed by atoms with Crippen LogP contribution in [0.2, 0.25) is 0 Å². The summed E-state index contributed by atoms with van der Waals surface area (Å²) < 4.78 is 0. The van der Waals surface area contributed by atoms with Crippen molar-refractivity contribution in [1.82, 2.24) is 0 Å². The zero-order valence-electron chi connectivity index (χ0n) is 14.1. The molecule has 0 nitrogen and oxygen atoms in total. The van der Waals surface area contributed by atoms with Gasteiger partial charge in [0.1, 0.15) is 0 Å². The molecule has 0 aliphatic carbocycles. The quantitative estimate of drug-likeness (QED) is 0.292. The molecular formula is C19H39. The normalized spacial score (nSPS) is 13.1. The van der Waals surface area contributed by atoms with Gasteiger partial charge in [0.25, 0.3) is 0 Å². The smallest absolute Gasteiger partial charge is 0.0412 e. The fraction of sp³-hybridized carbons (Fsp3) is 0.947. The standard InChI is InChI=1S/C19H39/c1-5-7-9-10-11-12-13-14-16-19(15-8-6-2)17-18(3)4/h18-19H,2,5-17H2,1,3-4H3. The van der Waals surface area contributed by atoms with Crippen LogP contribution in [0.15, 0.2) is 0 Å². The van der Waals surface area contributed by atoms with Gasteiger partial charge >= 0.3 is 0 Å². The highest BCUT2D eigenvalue weighted by Crippen LogP contribution is 2.24. The van der Waals surface area contributed by atoms with Crippen LogP contribution >= 0.6 is 0 Å². The van der Waals surface area contributed by atoms with Gasteiger partial charge in [-0.1, -0.05) is 105 Å². The van der Waals surface area contributed by atoms with Gasteiger partial charge in [0.2, 0.25) is 0 Å². The van der Waals surface area contributed by atoms with Crippen molar-refractivity contribution in [1.29, 1.82) is 0 Å². The van der Waals surface area contributed by atoms with Crippen molar-refractivity contribution in [3.05, 3.63) is 6.92 Å². The van der Waals surface area contributed by atoms with Crippen LogP contribution < -0.4 is 0 Å². The first-order valence-electron chi connectivity index (χ1n) is 8.99. The molecule has 1 atom stereocenters. The molecule has 0 bridgehead atoms. The number of hydrogen-bond acceptors (Lipinski definition) is 0. The molecule has 0 heteroatoms. The molecule has 0 aliphatic rings. The molecule has 0 rings (SSSR count). The van der Waals surface area contributed by atoms with E-state index < -0.39 is 0 Å². The molecule has 0 saturated heterocycles. The Hall–Kier alpha value is 0. The van der Waals surface area contributed by atoms with Crippen LogP contribution in [-0.4, -0.2) is 0 Å². The van der Waals surface area contributed by atoms with E-state index in [1.165, 1.54) is 77.0 Å². The number of hydrogen-bond donors (Lipinski definition) is 0. The Morgan fingerprint density at radius 3 is 1.79 bits per heavy atom. The van der Waals surface area contributed by atoms with E-state index in [1.807, 2.05) is 0 Å². The van der Waals surface area contributed by atoms with E-state index in [0.717, 1.165) is 18.3 Å². The average molecular weight is 268 g/mol. The molecule has 19 heavy (non-hydrogen) atoms. The van der Waals surface area contributed by atoms with E-state index >= 15 is 0 Å². The largest absolute Gasteiger partial charge is 0.0654 e. The minimum atomic E-state index is 0.865. The second-order valence-electron chi connectivity index (χ2n) is 6.75. The van der Waals surface area contributed by atoms with Crippen LogP contribution in [0.25, 0.3) is 0 Å². The molecule has 115 valence electrons. The van der Waals surface area contributed by atoms with Crippen LogP contribution in [0.5, 0.6) is 0 Å². The summed E-state index contributed by atoms with van der Waals surface area (Å²) in [7, 11) is 0. The summed E-state index contributed by atoms with van der Waals surface area (Å²) in [5, 5.41) is 0. The van der Waals surface area contributed by atoms with E-state index in [2.05, 4.69) is 27.7 Å². The Kier molecular flexibility index (Phi) is 14.4. The lowest BCUT2D eigenvalue weighted by molar-refractivity contribution is 0.344. The van der Waals surface area contributed by atoms with E-state index in [1.54, 1.807) is 0 Å². The molecule has 0 amide bonds. The Labute approximate surface area is 123 Å². The van der Waals surface area contributed by atoms with Gasteiger partial charge in [-0.15, -0.1) is 0 Å². The summed E-state index contributed by atoms with van der Waals surface area (Å²) >= 11 is 0. The lowest BCUT2D eigenvalue weighted by Gasteiger charge is -2.18. The second kappa shape index (κ2) is 14.4. The predicted molar refractivity (Wildman–Crippen MR) is 89.4 cm³/mol. The highest BCUT2D eigenvalue weighted by molar-refractivity contribution is 4.63. The van der Waals surface area contributed by atoms with Gasteiger partial charge in [0, 0.05) is 0 Å². The lowest BCUT2D eigenvalue weighted by Crippen LogP contribution is -2.05. The maximum atomic E-state index is 3.98. The van der Waals surface area contributed by atoms with Crippen LogP contribution in [0.3, 0.4) is 0 Å². The van der Waals surface area contributed by atoms with Gasteiger partial charge in [-0.3, -0.25) is 0 Å². The summed E-state index contributed by atoms with van der Waals surface area (Å²) in [5.74, 6) is 1.84. The second-order valence-corrected chi connectivity index (χ2v) is 6.75. The third kappa shape index (κ3) is 14.2. The maximum absolute atomic E-state index is 3.98. The topological polar surface area (TPSA) is 0 Å². The summed E-state index contributed by atoms with van der Waals surface area (Å²) in [5.41, 5.74) is 0. The van der Waals surface area contributed by atoms with Crippen molar-refractivity contribution in [3.63, 3.8) is 0 Å². The van der Waals surface area contributed by atoms with Crippen molar-refractivity contribution >= 4 is 0 Å². The highest BCUT2D eigenvalue weighted by atomic mass is 14.2. The first-order valence-corrected chi connectivity index (χ1v) is 8.99. The lowest BCUT2D eigenvalue weighted by atomic mass is 9.88. The Morgan fingerprint density at radius 2 is 1.26 bits per heavy atom. The molecule has 0 fully saturated rings. The summed E-state index contributed by atoms with van der Waals surface area (Å²) in [6, 6.07) is 0. The highest BCUT2D eigenvalue weighted by Gasteiger charge is 2.10. The molecule has 0 N–H and O–H groups in total. The molecule has 0 spiro atoms. The Balaban J connectivity index is 3.46. The van der Waals surface area contributed by atoms with Crippen molar-refractivity contribution < 1.29 is 0 Å². The molecule has 0 aromatic rings. The molecule has 0 aliphatic heterocycles. The monoisotopic (exact) mass is 267 g/mol. The third-order valence-corrected chi connectivity index (χ3v) is 4.13. The SMILES string of the molecule is [CH2]CCCC(CCCCCCCCCC)CC(C)C. The zero-order chi connectivity index (χ0) is 14.3. The van der Waals surface area contributed by atoms with Gasteiger partial charge < -0.3 is 0 Å². The molecule has 0 aromatic carbocycles. The van der Waals surface area contributed by atoms with Gasteiger partial charge in [-0.05, 0) is 18.3 Å². The number of unbranched alkanes of at least 4 members (excludes halogenated alkanes) is 8. The third-order valence-electron chi connectivity index (χ3n) is 4.13. The Bertz CT molecular complexity index is 159. The van der Waals surface area contributed by atoms with Gasteiger partial charge in [-0.2, -0.15) is 0 Å². The summed E-state index contributed by atoms with van der Waals surface area (Å²) in [6.07, 6.45) is 18.3. The Morgan fingerprint density at radius 1 is 0.737 bits per heavy atom. The van der Waals surface area contributed by atoms with Gasteiger partial charge in [-0.25, -0.2) is 0 Å². The van der Waals surface area contributed by atoms with E-state index in [-0.39, 0.29) is 0 Å². The van der Waals surface area contributed by atoms with Crippen molar-refractivity contribution in [2.45, 2.75) is 104 Å². The predicted octanol–water partition coefficient (Wildman–Crippen LogP) is 7.18. The fourth-order valence-electron chi connectivity index (χ4n) is 3.05. The molecular weight excluding hydrogens is 228 g/mol. The van der Waals surface area contributed by atoms with Crippen molar-refractivity contribution in [2.24, 2.45) is 11.8 Å². The van der Waals surface area contributed by atoms with E-state index in [0.29, 0.717) is 0 Å². The van der Waals surface area contributed by atoms with E-state index in [9.17, 15) is 0 Å². The molecule has 0 saturated carbocycles. The zero-order valence-corrected chi connectivity index (χ0v) is 14.1. The molecule has 0 heterocycles. The summed E-state index contributed by atoms with van der Waals surface area (Å²) in [6.45, 7) is 11.0. The number of rotatable bonds is 14. The maximum Gasteiger partial charge on any atom is -0.0412 e. The first kappa shape index (κ1) is 19.0. The fourth-order valence-corrected chi connectivity index (χ4v) is 3.05. The molecule has 0 aromatic heterocycles. The van der Waals surface area contributed by atoms with Crippen LogP contribution in [0.1, 0.15) is 104 Å². The minimum absolute atomic E-state index is 0.865. The van der Waals surface area contributed by atoms with Crippen LogP contribution in [-0.2, 0) is 0 Å². The molecule has 1 radical (unpaired) electrons. The first-order chi connectivity index (χ1) is 9.20. The molecule has 1 unspecified atom stereocenters. The van der Waals surface area contributed by atoms with Gasteiger partial charge in [0.15, 0.2) is 0 Å². The van der Waals surface area contributed by atoms with Crippen molar-refractivity contribution in [2.75, 3.05) is 0 Å². The minimum Gasteiger partial charge on any atom is -0.0654 e. The summed E-state index contributed by atoms with van der Waals surface area (Å²) in [4.78, 5) is 0.